The molecule has 2 rings (SSSR count). The van der Waals surface area contributed by atoms with Gasteiger partial charge in [0.05, 0.1) is 12.9 Å². The van der Waals surface area contributed by atoms with E-state index >= 15 is 0 Å². The maximum Gasteiger partial charge on any atom is 0.223 e. The number of amides is 1. The molecule has 0 bridgehead atoms. The van der Waals surface area contributed by atoms with E-state index in [2.05, 4.69) is 5.32 Å². The van der Waals surface area contributed by atoms with Gasteiger partial charge in [-0.3, -0.25) is 4.79 Å². The highest BCUT2D eigenvalue weighted by Gasteiger charge is 2.18. The van der Waals surface area contributed by atoms with Crippen LogP contribution in [0.3, 0.4) is 0 Å². The fourth-order valence-electron chi connectivity index (χ4n) is 1.85. The van der Waals surface area contributed by atoms with Crippen LogP contribution in [0.1, 0.15) is 23.8 Å². The van der Waals surface area contributed by atoms with Crippen LogP contribution >= 0.6 is 0 Å². The first-order valence-electron chi connectivity index (χ1n) is 6.18. The highest BCUT2D eigenvalue weighted by molar-refractivity contribution is 5.77. The van der Waals surface area contributed by atoms with Crippen LogP contribution in [0, 0.1) is 0 Å². The van der Waals surface area contributed by atoms with E-state index in [9.17, 15) is 4.79 Å². The first-order chi connectivity index (χ1) is 9.31. The number of furan rings is 1. The Kier molecular flexibility index (Phi) is 4.75. The smallest absolute Gasteiger partial charge is 0.223 e. The SMILES string of the molecule is COCCC(=O)N[C@H](c1ccccc1)c1ccco1. The van der Waals surface area contributed by atoms with Crippen molar-refractivity contribution in [1.82, 2.24) is 5.32 Å². The maximum atomic E-state index is 11.8. The van der Waals surface area contributed by atoms with E-state index in [-0.39, 0.29) is 11.9 Å². The summed E-state index contributed by atoms with van der Waals surface area (Å²) in [5.41, 5.74) is 0.989. The number of carbonyl (C=O) groups excluding carboxylic acids is 1. The van der Waals surface area contributed by atoms with Crippen LogP contribution in [0.15, 0.2) is 53.1 Å². The van der Waals surface area contributed by atoms with Crippen molar-refractivity contribution in [2.45, 2.75) is 12.5 Å². The number of hydrogen-bond donors (Lipinski definition) is 1. The van der Waals surface area contributed by atoms with E-state index < -0.39 is 0 Å². The highest BCUT2D eigenvalue weighted by Crippen LogP contribution is 2.22. The summed E-state index contributed by atoms with van der Waals surface area (Å²) in [4.78, 5) is 11.8. The average molecular weight is 259 g/mol. The Morgan fingerprint density at radius 1 is 1.26 bits per heavy atom. The molecule has 1 amide bonds. The molecule has 1 aromatic carbocycles. The van der Waals surface area contributed by atoms with Crippen molar-refractivity contribution < 1.29 is 13.9 Å². The second-order valence-corrected chi connectivity index (χ2v) is 4.17. The quantitative estimate of drug-likeness (QED) is 0.867. The minimum Gasteiger partial charge on any atom is -0.467 e. The molecule has 1 heterocycles. The molecule has 0 saturated heterocycles. The number of hydrogen-bond acceptors (Lipinski definition) is 3. The normalized spacial score (nSPS) is 12.1. The van der Waals surface area contributed by atoms with Crippen molar-refractivity contribution in [3.05, 3.63) is 60.1 Å². The highest BCUT2D eigenvalue weighted by atomic mass is 16.5. The Morgan fingerprint density at radius 3 is 2.68 bits per heavy atom. The summed E-state index contributed by atoms with van der Waals surface area (Å²) in [6.45, 7) is 0.408. The summed E-state index contributed by atoms with van der Waals surface area (Å²) in [6.07, 6.45) is 1.94. The third kappa shape index (κ3) is 3.69. The molecule has 0 saturated carbocycles. The average Bonchev–Trinajstić information content (AvgIpc) is 2.97. The minimum atomic E-state index is -0.263. The lowest BCUT2D eigenvalue weighted by molar-refractivity contribution is -0.122. The summed E-state index contributed by atoms with van der Waals surface area (Å²) in [5.74, 6) is 0.657. The van der Waals surface area contributed by atoms with E-state index in [1.165, 1.54) is 0 Å². The van der Waals surface area contributed by atoms with Crippen LogP contribution in [0.5, 0.6) is 0 Å². The lowest BCUT2D eigenvalue weighted by Gasteiger charge is -2.17. The Labute approximate surface area is 112 Å². The van der Waals surface area contributed by atoms with E-state index in [0.29, 0.717) is 13.0 Å². The lowest BCUT2D eigenvalue weighted by Crippen LogP contribution is -2.29. The first kappa shape index (κ1) is 13.4. The number of rotatable bonds is 6. The molecule has 0 radical (unpaired) electrons. The monoisotopic (exact) mass is 259 g/mol. The third-order valence-corrected chi connectivity index (χ3v) is 2.80. The number of nitrogens with one attached hydrogen (secondary N) is 1. The molecule has 0 fully saturated rings. The molecule has 0 aliphatic carbocycles. The van der Waals surface area contributed by atoms with Crippen LogP contribution < -0.4 is 5.32 Å². The zero-order chi connectivity index (χ0) is 13.5. The molecule has 0 spiro atoms. The summed E-state index contributed by atoms with van der Waals surface area (Å²) in [6, 6.07) is 13.1. The molecule has 0 unspecified atom stereocenters. The second kappa shape index (κ2) is 6.75. The molecular formula is C15H17NO3. The van der Waals surface area contributed by atoms with Gasteiger partial charge in [-0.25, -0.2) is 0 Å². The Hall–Kier alpha value is -2.07. The van der Waals surface area contributed by atoms with Crippen molar-refractivity contribution >= 4 is 5.91 Å². The van der Waals surface area contributed by atoms with Crippen LogP contribution in [-0.4, -0.2) is 19.6 Å². The van der Waals surface area contributed by atoms with Gasteiger partial charge in [0.2, 0.25) is 5.91 Å². The summed E-state index contributed by atoms with van der Waals surface area (Å²) < 4.78 is 10.3. The number of methoxy groups -OCH3 is 1. The van der Waals surface area contributed by atoms with Crippen molar-refractivity contribution in [2.75, 3.05) is 13.7 Å². The predicted molar refractivity (Wildman–Crippen MR) is 71.6 cm³/mol. The number of carbonyl (C=O) groups is 1. The zero-order valence-corrected chi connectivity index (χ0v) is 10.8. The van der Waals surface area contributed by atoms with Gasteiger partial charge in [-0.15, -0.1) is 0 Å². The summed E-state index contributed by atoms with van der Waals surface area (Å²) in [5, 5.41) is 2.96. The summed E-state index contributed by atoms with van der Waals surface area (Å²) >= 11 is 0. The van der Waals surface area contributed by atoms with Gasteiger partial charge in [0.1, 0.15) is 11.8 Å². The van der Waals surface area contributed by atoms with Crippen molar-refractivity contribution in [3.63, 3.8) is 0 Å². The van der Waals surface area contributed by atoms with E-state index in [1.54, 1.807) is 13.4 Å². The van der Waals surface area contributed by atoms with Crippen molar-refractivity contribution in [3.8, 4) is 0 Å². The molecule has 4 nitrogen and oxygen atoms in total. The Morgan fingerprint density at radius 2 is 2.05 bits per heavy atom. The van der Waals surface area contributed by atoms with Gasteiger partial charge in [0, 0.05) is 13.5 Å². The standard InChI is InChI=1S/C15H17NO3/c1-18-11-9-14(17)16-15(13-8-5-10-19-13)12-6-3-2-4-7-12/h2-8,10,15H,9,11H2,1H3,(H,16,17)/t15-/m1/s1. The summed E-state index contributed by atoms with van der Waals surface area (Å²) in [7, 11) is 1.58. The minimum absolute atomic E-state index is 0.0629. The Bertz CT molecular complexity index is 493. The van der Waals surface area contributed by atoms with Gasteiger partial charge in [-0.2, -0.15) is 0 Å². The molecule has 1 N–H and O–H groups in total. The predicted octanol–water partition coefficient (Wildman–Crippen LogP) is 2.52. The number of ether oxygens (including phenoxy) is 1. The topological polar surface area (TPSA) is 51.5 Å². The van der Waals surface area contributed by atoms with Crippen LogP contribution in [0.25, 0.3) is 0 Å². The number of benzene rings is 1. The van der Waals surface area contributed by atoms with Gasteiger partial charge in [-0.05, 0) is 17.7 Å². The van der Waals surface area contributed by atoms with Gasteiger partial charge >= 0.3 is 0 Å². The third-order valence-electron chi connectivity index (χ3n) is 2.80. The second-order valence-electron chi connectivity index (χ2n) is 4.17. The molecule has 0 aliphatic rings. The van der Waals surface area contributed by atoms with Gasteiger partial charge < -0.3 is 14.5 Å². The molecule has 0 aliphatic heterocycles. The fourth-order valence-corrected chi connectivity index (χ4v) is 1.85. The van der Waals surface area contributed by atoms with E-state index in [0.717, 1.165) is 11.3 Å². The van der Waals surface area contributed by atoms with E-state index in [4.69, 9.17) is 9.15 Å². The first-order valence-corrected chi connectivity index (χ1v) is 6.18. The van der Waals surface area contributed by atoms with Crippen molar-refractivity contribution in [1.29, 1.82) is 0 Å². The molecule has 100 valence electrons. The van der Waals surface area contributed by atoms with Crippen LogP contribution in [0.4, 0.5) is 0 Å². The van der Waals surface area contributed by atoms with Gasteiger partial charge in [0.15, 0.2) is 0 Å². The molecular weight excluding hydrogens is 242 g/mol. The fraction of sp³-hybridized carbons (Fsp3) is 0.267. The lowest BCUT2D eigenvalue weighted by atomic mass is 10.0. The van der Waals surface area contributed by atoms with Gasteiger partial charge in [-0.1, -0.05) is 30.3 Å². The largest absolute Gasteiger partial charge is 0.467 e. The van der Waals surface area contributed by atoms with Crippen LogP contribution in [0.2, 0.25) is 0 Å². The van der Waals surface area contributed by atoms with E-state index in [1.807, 2.05) is 42.5 Å². The Balaban J connectivity index is 2.14. The maximum absolute atomic E-state index is 11.8. The molecule has 1 atom stereocenters. The zero-order valence-electron chi connectivity index (χ0n) is 10.8. The van der Waals surface area contributed by atoms with Gasteiger partial charge in [0.25, 0.3) is 0 Å². The molecule has 2 aromatic rings. The van der Waals surface area contributed by atoms with Crippen LogP contribution in [-0.2, 0) is 9.53 Å². The molecule has 1 aromatic heterocycles. The van der Waals surface area contributed by atoms with Crippen molar-refractivity contribution in [2.24, 2.45) is 0 Å². The molecule has 4 heteroatoms. The molecule has 19 heavy (non-hydrogen) atoms.